The third-order valence-electron chi connectivity index (χ3n) is 2.67. The first-order valence-electron chi connectivity index (χ1n) is 5.97. The van der Waals surface area contributed by atoms with E-state index in [0.717, 1.165) is 10.0 Å². The number of urea groups is 1. The molecule has 2 N–H and O–H groups in total. The van der Waals surface area contributed by atoms with E-state index in [9.17, 15) is 4.79 Å². The number of carbonyl (C=O) groups is 1. The van der Waals surface area contributed by atoms with Crippen LogP contribution in [0.5, 0.6) is 0 Å². The van der Waals surface area contributed by atoms with Crippen LogP contribution in [0, 0.1) is 11.3 Å². The summed E-state index contributed by atoms with van der Waals surface area (Å²) in [4.78, 5) is 11.7. The van der Waals surface area contributed by atoms with Crippen LogP contribution in [0.1, 0.15) is 11.1 Å². The molecule has 4 nitrogen and oxygen atoms in total. The van der Waals surface area contributed by atoms with Crippen LogP contribution in [0.3, 0.4) is 0 Å². The van der Waals surface area contributed by atoms with Gasteiger partial charge in [-0.05, 0) is 35.9 Å². The summed E-state index contributed by atoms with van der Waals surface area (Å²) < 4.78 is 0.957. The van der Waals surface area contributed by atoms with Crippen molar-refractivity contribution in [3.63, 3.8) is 0 Å². The van der Waals surface area contributed by atoms with E-state index in [1.165, 1.54) is 0 Å². The molecular weight excluding hydrogens is 318 g/mol. The van der Waals surface area contributed by atoms with Crippen LogP contribution >= 0.6 is 15.9 Å². The van der Waals surface area contributed by atoms with Gasteiger partial charge in [0.15, 0.2) is 0 Å². The van der Waals surface area contributed by atoms with Crippen LogP contribution in [0.25, 0.3) is 0 Å². The van der Waals surface area contributed by atoms with Gasteiger partial charge >= 0.3 is 6.03 Å². The molecule has 0 unspecified atom stereocenters. The third-order valence-corrected chi connectivity index (χ3v) is 3.44. The van der Waals surface area contributed by atoms with Gasteiger partial charge in [-0.1, -0.05) is 34.1 Å². The minimum Gasteiger partial charge on any atom is -0.334 e. The number of rotatable bonds is 3. The number of hydrogen-bond acceptors (Lipinski definition) is 2. The number of amides is 2. The molecule has 0 saturated carbocycles. The maximum absolute atomic E-state index is 11.7. The van der Waals surface area contributed by atoms with Crippen molar-refractivity contribution in [3.8, 4) is 6.07 Å². The maximum atomic E-state index is 11.7. The standard InChI is InChI=1S/C15H12BrN3O/c16-14-4-2-1-3-12(14)10-18-15(20)19-13-7-5-11(9-17)6-8-13/h1-8H,10H2,(H2,18,19,20). The first-order valence-corrected chi connectivity index (χ1v) is 6.77. The summed E-state index contributed by atoms with van der Waals surface area (Å²) in [6.07, 6.45) is 0. The molecule has 20 heavy (non-hydrogen) atoms. The van der Waals surface area contributed by atoms with Crippen LogP contribution in [0.2, 0.25) is 0 Å². The Labute approximate surface area is 125 Å². The quantitative estimate of drug-likeness (QED) is 0.902. The molecule has 0 aliphatic heterocycles. The van der Waals surface area contributed by atoms with Crippen LogP contribution in [-0.4, -0.2) is 6.03 Å². The SMILES string of the molecule is N#Cc1ccc(NC(=O)NCc2ccccc2Br)cc1. The van der Waals surface area contributed by atoms with E-state index >= 15 is 0 Å². The number of nitriles is 1. The number of benzene rings is 2. The molecule has 0 fully saturated rings. The second kappa shape index (κ2) is 6.73. The molecule has 0 atom stereocenters. The van der Waals surface area contributed by atoms with E-state index in [1.807, 2.05) is 30.3 Å². The summed E-state index contributed by atoms with van der Waals surface area (Å²) in [6.45, 7) is 0.434. The van der Waals surface area contributed by atoms with Gasteiger partial charge in [-0.2, -0.15) is 5.26 Å². The molecule has 0 spiro atoms. The minimum atomic E-state index is -0.287. The lowest BCUT2D eigenvalue weighted by molar-refractivity contribution is 0.251. The van der Waals surface area contributed by atoms with Crippen molar-refractivity contribution in [1.29, 1.82) is 5.26 Å². The molecule has 2 rings (SSSR count). The van der Waals surface area contributed by atoms with Crippen molar-refractivity contribution < 1.29 is 4.79 Å². The largest absolute Gasteiger partial charge is 0.334 e. The van der Waals surface area contributed by atoms with Gasteiger partial charge in [0.2, 0.25) is 0 Å². The van der Waals surface area contributed by atoms with Crippen LogP contribution in [-0.2, 0) is 6.54 Å². The Kier molecular flexibility index (Phi) is 4.75. The van der Waals surface area contributed by atoms with Gasteiger partial charge < -0.3 is 10.6 Å². The van der Waals surface area contributed by atoms with Gasteiger partial charge in [-0.3, -0.25) is 0 Å². The highest BCUT2D eigenvalue weighted by molar-refractivity contribution is 9.10. The molecule has 100 valence electrons. The number of nitrogens with one attached hydrogen (secondary N) is 2. The summed E-state index contributed by atoms with van der Waals surface area (Å²) in [7, 11) is 0. The molecule has 0 radical (unpaired) electrons. The number of carbonyl (C=O) groups excluding carboxylic acids is 1. The predicted molar refractivity (Wildman–Crippen MR) is 81.2 cm³/mol. The van der Waals surface area contributed by atoms with Gasteiger partial charge in [0.1, 0.15) is 0 Å². The molecule has 0 heterocycles. The Balaban J connectivity index is 1.89. The third kappa shape index (κ3) is 3.84. The zero-order valence-corrected chi connectivity index (χ0v) is 12.1. The molecule has 0 aliphatic rings. The monoisotopic (exact) mass is 329 g/mol. The second-order valence-electron chi connectivity index (χ2n) is 4.09. The Morgan fingerprint density at radius 1 is 1.15 bits per heavy atom. The average molecular weight is 330 g/mol. The second-order valence-corrected chi connectivity index (χ2v) is 4.94. The Hall–Kier alpha value is -2.32. The minimum absolute atomic E-state index is 0.287. The maximum Gasteiger partial charge on any atom is 0.319 e. The fourth-order valence-corrected chi connectivity index (χ4v) is 2.05. The van der Waals surface area contributed by atoms with E-state index in [2.05, 4.69) is 26.6 Å². The molecular formula is C15H12BrN3O. The van der Waals surface area contributed by atoms with Gasteiger partial charge in [0.25, 0.3) is 0 Å². The lowest BCUT2D eigenvalue weighted by atomic mass is 10.2. The van der Waals surface area contributed by atoms with Gasteiger partial charge in [0.05, 0.1) is 11.6 Å². The van der Waals surface area contributed by atoms with E-state index < -0.39 is 0 Å². The normalized spacial score (nSPS) is 9.60. The van der Waals surface area contributed by atoms with Gasteiger partial charge in [-0.15, -0.1) is 0 Å². The van der Waals surface area contributed by atoms with Crippen LogP contribution < -0.4 is 10.6 Å². The van der Waals surface area contributed by atoms with Crippen LogP contribution in [0.4, 0.5) is 10.5 Å². The fraction of sp³-hybridized carbons (Fsp3) is 0.0667. The molecule has 5 heteroatoms. The van der Waals surface area contributed by atoms with Crippen molar-refractivity contribution in [3.05, 3.63) is 64.1 Å². The molecule has 0 saturated heterocycles. The van der Waals surface area contributed by atoms with Crippen LogP contribution in [0.15, 0.2) is 53.0 Å². The van der Waals surface area contributed by atoms with Crippen molar-refractivity contribution in [2.24, 2.45) is 0 Å². The zero-order chi connectivity index (χ0) is 14.4. The van der Waals surface area contributed by atoms with Gasteiger partial charge in [-0.25, -0.2) is 4.79 Å². The lowest BCUT2D eigenvalue weighted by Crippen LogP contribution is -2.28. The fourth-order valence-electron chi connectivity index (χ4n) is 1.62. The number of hydrogen-bond donors (Lipinski definition) is 2. The molecule has 2 aromatic carbocycles. The summed E-state index contributed by atoms with van der Waals surface area (Å²) in [5.74, 6) is 0. The van der Waals surface area contributed by atoms with E-state index in [0.29, 0.717) is 17.8 Å². The number of anilines is 1. The molecule has 2 amide bonds. The molecule has 0 bridgehead atoms. The van der Waals surface area contributed by atoms with E-state index in [1.54, 1.807) is 24.3 Å². The van der Waals surface area contributed by atoms with Gasteiger partial charge in [0, 0.05) is 16.7 Å². The van der Waals surface area contributed by atoms with Crippen molar-refractivity contribution in [1.82, 2.24) is 5.32 Å². The molecule has 2 aromatic rings. The van der Waals surface area contributed by atoms with Crippen molar-refractivity contribution in [2.75, 3.05) is 5.32 Å². The average Bonchev–Trinajstić information content (AvgIpc) is 2.47. The first-order chi connectivity index (χ1) is 9.69. The van der Waals surface area contributed by atoms with E-state index in [4.69, 9.17) is 5.26 Å². The highest BCUT2D eigenvalue weighted by atomic mass is 79.9. The summed E-state index contributed by atoms with van der Waals surface area (Å²) >= 11 is 3.43. The lowest BCUT2D eigenvalue weighted by Gasteiger charge is -2.08. The smallest absolute Gasteiger partial charge is 0.319 e. The topological polar surface area (TPSA) is 64.9 Å². The number of halogens is 1. The molecule has 0 aromatic heterocycles. The highest BCUT2D eigenvalue weighted by Crippen LogP contribution is 2.15. The number of nitrogens with zero attached hydrogens (tertiary/aromatic N) is 1. The highest BCUT2D eigenvalue weighted by Gasteiger charge is 2.03. The zero-order valence-electron chi connectivity index (χ0n) is 10.6. The summed E-state index contributed by atoms with van der Waals surface area (Å²) in [5, 5.41) is 14.2. The predicted octanol–water partition coefficient (Wildman–Crippen LogP) is 3.64. The first kappa shape index (κ1) is 14.1. The van der Waals surface area contributed by atoms with E-state index in [-0.39, 0.29) is 6.03 Å². The summed E-state index contributed by atoms with van der Waals surface area (Å²) in [6, 6.07) is 16.1. The Bertz CT molecular complexity index is 647. The van der Waals surface area contributed by atoms with Crippen molar-refractivity contribution >= 4 is 27.6 Å². The molecule has 0 aliphatic carbocycles. The van der Waals surface area contributed by atoms with Crippen molar-refractivity contribution in [2.45, 2.75) is 6.54 Å². The Morgan fingerprint density at radius 2 is 1.85 bits per heavy atom. The Morgan fingerprint density at radius 3 is 2.50 bits per heavy atom. The summed E-state index contributed by atoms with van der Waals surface area (Å²) in [5.41, 5.74) is 2.21.